The van der Waals surface area contributed by atoms with Gasteiger partial charge in [-0.3, -0.25) is 4.79 Å². The van der Waals surface area contributed by atoms with Gasteiger partial charge in [0.25, 0.3) is 0 Å². The zero-order valence-electron chi connectivity index (χ0n) is 45.8. The Labute approximate surface area is 448 Å². The van der Waals surface area contributed by atoms with Gasteiger partial charge in [0.05, 0.1) is 38.6 Å². The number of unbranched alkanes of at least 4 members (excludes halogenated alkanes) is 27. The van der Waals surface area contributed by atoms with Crippen LogP contribution in [-0.2, 0) is 33.2 Å². The summed E-state index contributed by atoms with van der Waals surface area (Å²) >= 11 is 0. The molecule has 17 unspecified atom stereocenters. The Bertz CT molecular complexity index is 1430. The average molecular weight is 1080 g/mol. The van der Waals surface area contributed by atoms with Crippen LogP contribution >= 0.6 is 0 Å². The Hall–Kier alpha value is -1.47. The number of allylic oxidation sites excluding steroid dienone is 1. The van der Waals surface area contributed by atoms with Crippen molar-refractivity contribution in [2.75, 3.05) is 26.4 Å². The molecule has 17 atom stereocenters. The van der Waals surface area contributed by atoms with Crippen LogP contribution in [0.2, 0.25) is 0 Å². The SMILES string of the molecule is CCCCCCCCCCCCCCCCCCCCCCCCCCCC/C=C/C(O)C(COC1OC(CO)C(OC2OC(CO)C(OC3OC(CO)C(O)C(O)C3O)C(O)C2O)C(O)C1O)NC(=O)CCCC. The third-order valence-corrected chi connectivity index (χ3v) is 15.1. The van der Waals surface area contributed by atoms with E-state index in [1.165, 1.54) is 148 Å². The van der Waals surface area contributed by atoms with Crippen molar-refractivity contribution in [2.45, 2.75) is 311 Å². The van der Waals surface area contributed by atoms with Gasteiger partial charge in [0.15, 0.2) is 18.9 Å². The van der Waals surface area contributed by atoms with Crippen molar-refractivity contribution in [3.8, 4) is 0 Å². The third kappa shape index (κ3) is 25.3. The minimum Gasteiger partial charge on any atom is -0.394 e. The van der Waals surface area contributed by atoms with E-state index in [0.717, 1.165) is 32.1 Å². The molecule has 75 heavy (non-hydrogen) atoms. The highest BCUT2D eigenvalue weighted by Gasteiger charge is 2.53. The molecule has 0 bridgehead atoms. The van der Waals surface area contributed by atoms with Crippen LogP contribution in [0.1, 0.15) is 206 Å². The molecule has 0 aromatic carbocycles. The Kier molecular flexibility index (Phi) is 36.8. The maximum Gasteiger partial charge on any atom is 0.220 e. The summed E-state index contributed by atoms with van der Waals surface area (Å²) in [7, 11) is 0. The fourth-order valence-corrected chi connectivity index (χ4v) is 10.2. The van der Waals surface area contributed by atoms with E-state index in [1.54, 1.807) is 6.08 Å². The molecule has 1 amide bonds. The summed E-state index contributed by atoms with van der Waals surface area (Å²) in [5.74, 6) is -0.310. The summed E-state index contributed by atoms with van der Waals surface area (Å²) in [6.45, 7) is 1.46. The van der Waals surface area contributed by atoms with Crippen LogP contribution in [-0.4, -0.2) is 193 Å². The van der Waals surface area contributed by atoms with Crippen molar-refractivity contribution >= 4 is 5.91 Å². The summed E-state index contributed by atoms with van der Waals surface area (Å²) in [5.41, 5.74) is 0. The van der Waals surface area contributed by atoms with E-state index in [4.69, 9.17) is 28.4 Å². The monoisotopic (exact) mass is 1080 g/mol. The first-order valence-corrected chi connectivity index (χ1v) is 29.4. The minimum absolute atomic E-state index is 0.220. The molecule has 3 heterocycles. The molecule has 12 N–H and O–H groups in total. The van der Waals surface area contributed by atoms with Crippen molar-refractivity contribution in [3.05, 3.63) is 12.2 Å². The van der Waals surface area contributed by atoms with Gasteiger partial charge in [0.2, 0.25) is 5.91 Å². The van der Waals surface area contributed by atoms with Gasteiger partial charge >= 0.3 is 0 Å². The normalized spacial score (nSPS) is 31.2. The van der Waals surface area contributed by atoms with Crippen LogP contribution in [0.25, 0.3) is 0 Å². The molecular formula is C56H105NO18. The standard InChI is InChI=1S/C56H105NO18/c1-3-5-7-8-9-10-11-12-13-14-15-16-17-18-19-20-21-22-23-24-25-26-27-28-29-30-31-32-33-40(61)39(57-44(62)34-6-4-2)38-70-54-50(68)47(65)52(42(36-59)72-54)75-56-51(69)48(66)53(43(37-60)73-56)74-55-49(67)46(64)45(63)41(35-58)71-55/h32-33,39-43,45-56,58-61,63-69H,3-31,34-38H2,1-2H3,(H,57,62)/b33-32+. The number of carbonyl (C=O) groups is 1. The van der Waals surface area contributed by atoms with Gasteiger partial charge in [0.1, 0.15) is 73.2 Å². The van der Waals surface area contributed by atoms with Crippen molar-refractivity contribution in [1.29, 1.82) is 0 Å². The summed E-state index contributed by atoms with van der Waals surface area (Å²) in [4.78, 5) is 12.8. The first kappa shape index (κ1) is 67.8. The molecule has 3 saturated heterocycles. The fourth-order valence-electron chi connectivity index (χ4n) is 10.2. The number of aliphatic hydroxyl groups is 11. The highest BCUT2D eigenvalue weighted by atomic mass is 16.8. The van der Waals surface area contributed by atoms with Gasteiger partial charge in [-0.15, -0.1) is 0 Å². The summed E-state index contributed by atoms with van der Waals surface area (Å²) in [5, 5.41) is 119. The molecule has 0 aromatic rings. The number of nitrogens with one attached hydrogen (secondary N) is 1. The number of hydrogen-bond acceptors (Lipinski definition) is 18. The second-order valence-electron chi connectivity index (χ2n) is 21.5. The molecule has 0 radical (unpaired) electrons. The second kappa shape index (κ2) is 40.7. The van der Waals surface area contributed by atoms with Crippen molar-refractivity contribution in [2.24, 2.45) is 0 Å². The number of carbonyl (C=O) groups excluding carboxylic acids is 1. The van der Waals surface area contributed by atoms with Gasteiger partial charge < -0.3 is 89.9 Å². The summed E-state index contributed by atoms with van der Waals surface area (Å²) < 4.78 is 33.9. The first-order valence-electron chi connectivity index (χ1n) is 29.4. The van der Waals surface area contributed by atoms with E-state index in [2.05, 4.69) is 12.2 Å². The molecule has 0 aromatic heterocycles. The summed E-state index contributed by atoms with van der Waals surface area (Å²) in [6, 6.07) is -0.963. The minimum atomic E-state index is -1.97. The van der Waals surface area contributed by atoms with Crippen molar-refractivity contribution < 1.29 is 89.4 Å². The molecule has 3 rings (SSSR count). The molecule has 19 heteroatoms. The predicted octanol–water partition coefficient (Wildman–Crippen LogP) is 4.60. The molecule has 442 valence electrons. The lowest BCUT2D eigenvalue weighted by Crippen LogP contribution is -2.66. The Morgan fingerprint density at radius 2 is 0.827 bits per heavy atom. The Morgan fingerprint density at radius 3 is 1.24 bits per heavy atom. The number of aliphatic hydroxyl groups excluding tert-OH is 11. The lowest BCUT2D eigenvalue weighted by molar-refractivity contribution is -0.379. The van der Waals surface area contributed by atoms with Crippen LogP contribution in [0.3, 0.4) is 0 Å². The lowest BCUT2D eigenvalue weighted by atomic mass is 9.96. The maximum absolute atomic E-state index is 12.8. The van der Waals surface area contributed by atoms with Crippen LogP contribution in [0.4, 0.5) is 0 Å². The third-order valence-electron chi connectivity index (χ3n) is 15.1. The lowest BCUT2D eigenvalue weighted by Gasteiger charge is -2.48. The Balaban J connectivity index is 1.32. The van der Waals surface area contributed by atoms with Gasteiger partial charge in [-0.1, -0.05) is 193 Å². The molecular weight excluding hydrogens is 975 g/mol. The smallest absolute Gasteiger partial charge is 0.220 e. The van der Waals surface area contributed by atoms with Gasteiger partial charge in [-0.2, -0.15) is 0 Å². The van der Waals surface area contributed by atoms with E-state index >= 15 is 0 Å². The highest BCUT2D eigenvalue weighted by Crippen LogP contribution is 2.33. The molecule has 19 nitrogen and oxygen atoms in total. The predicted molar refractivity (Wildman–Crippen MR) is 282 cm³/mol. The van der Waals surface area contributed by atoms with E-state index in [9.17, 15) is 61.0 Å². The van der Waals surface area contributed by atoms with Crippen molar-refractivity contribution in [1.82, 2.24) is 5.32 Å². The second-order valence-corrected chi connectivity index (χ2v) is 21.5. The van der Waals surface area contributed by atoms with Crippen molar-refractivity contribution in [3.63, 3.8) is 0 Å². The largest absolute Gasteiger partial charge is 0.394 e. The van der Waals surface area contributed by atoms with Gasteiger partial charge in [0, 0.05) is 6.42 Å². The van der Waals surface area contributed by atoms with Crippen LogP contribution in [0, 0.1) is 0 Å². The molecule has 3 fully saturated rings. The quantitative estimate of drug-likeness (QED) is 0.0293. The highest BCUT2D eigenvalue weighted by molar-refractivity contribution is 5.76. The van der Waals surface area contributed by atoms with Crippen LogP contribution in [0.15, 0.2) is 12.2 Å². The number of hydrogen-bond donors (Lipinski definition) is 12. The molecule has 3 aliphatic heterocycles. The number of amides is 1. The van der Waals surface area contributed by atoms with Crippen LogP contribution in [0.5, 0.6) is 0 Å². The zero-order valence-corrected chi connectivity index (χ0v) is 45.8. The van der Waals surface area contributed by atoms with E-state index < -0.39 is 124 Å². The van der Waals surface area contributed by atoms with E-state index in [-0.39, 0.29) is 18.9 Å². The first-order chi connectivity index (χ1) is 36.3. The number of ether oxygens (including phenoxy) is 6. The van der Waals surface area contributed by atoms with E-state index in [0.29, 0.717) is 6.42 Å². The maximum atomic E-state index is 12.8. The molecule has 0 aliphatic carbocycles. The van der Waals surface area contributed by atoms with E-state index in [1.807, 2.05) is 13.0 Å². The summed E-state index contributed by atoms with van der Waals surface area (Å²) in [6.07, 6.45) is 13.9. The topological polar surface area (TPSA) is 307 Å². The van der Waals surface area contributed by atoms with Crippen LogP contribution < -0.4 is 5.32 Å². The zero-order chi connectivity index (χ0) is 54.8. The molecule has 0 spiro atoms. The van der Waals surface area contributed by atoms with Gasteiger partial charge in [-0.05, 0) is 19.3 Å². The molecule has 0 saturated carbocycles. The Morgan fingerprint density at radius 1 is 0.467 bits per heavy atom. The van der Waals surface area contributed by atoms with Gasteiger partial charge in [-0.25, -0.2) is 0 Å². The average Bonchev–Trinajstić information content (AvgIpc) is 3.41. The molecule has 3 aliphatic rings. The number of rotatable bonds is 43. The fraction of sp³-hybridized carbons (Fsp3) is 0.946.